The Morgan fingerprint density at radius 3 is 2.00 bits per heavy atom. The van der Waals surface area contributed by atoms with Crippen molar-refractivity contribution >= 4 is 18.0 Å². The number of aliphatic carboxylic acids is 1. The molecule has 0 bridgehead atoms. The number of carbonyl (C=O) groups excluding carboxylic acids is 3. The number of rotatable bonds is 2. The van der Waals surface area contributed by atoms with Crippen molar-refractivity contribution in [2.24, 2.45) is 5.41 Å². The van der Waals surface area contributed by atoms with Crippen molar-refractivity contribution in [1.29, 1.82) is 0 Å². The maximum atomic E-state index is 11.5. The molecule has 96 valence electrons. The van der Waals surface area contributed by atoms with Crippen LogP contribution in [0.25, 0.3) is 0 Å². The lowest BCUT2D eigenvalue weighted by Gasteiger charge is -2.39. The quantitative estimate of drug-likeness (QED) is 0.445. The first-order valence-electron chi connectivity index (χ1n) is 5.10. The Bertz CT molecular complexity index is 332. The van der Waals surface area contributed by atoms with Crippen LogP contribution in [0.15, 0.2) is 0 Å². The largest absolute Gasteiger partial charge is 0.549 e. The molecule has 7 heteroatoms. The molecule has 1 aliphatic rings. The van der Waals surface area contributed by atoms with E-state index < -0.39 is 23.4 Å². The fourth-order valence-corrected chi connectivity index (χ4v) is 1.89. The molecule has 1 aliphatic heterocycles. The number of methoxy groups -OCH3 is 2. The number of hydrogen-bond acceptors (Lipinski definition) is 6. The van der Waals surface area contributed by atoms with Gasteiger partial charge in [0.2, 0.25) is 0 Å². The van der Waals surface area contributed by atoms with E-state index >= 15 is 0 Å². The van der Waals surface area contributed by atoms with Crippen molar-refractivity contribution in [3.63, 3.8) is 0 Å². The highest BCUT2D eigenvalue weighted by Gasteiger charge is 2.44. The zero-order valence-corrected chi connectivity index (χ0v) is 9.73. The number of ether oxygens (including phenoxy) is 2. The summed E-state index contributed by atoms with van der Waals surface area (Å²) >= 11 is 0. The number of carbonyl (C=O) groups is 3. The van der Waals surface area contributed by atoms with E-state index in [-0.39, 0.29) is 25.9 Å². The summed E-state index contributed by atoms with van der Waals surface area (Å²) in [7, 11) is 2.36. The van der Waals surface area contributed by atoms with Gasteiger partial charge in [0.05, 0.1) is 20.2 Å². The molecule has 17 heavy (non-hydrogen) atoms. The van der Waals surface area contributed by atoms with E-state index in [0.29, 0.717) is 0 Å². The molecule has 1 rings (SSSR count). The van der Waals surface area contributed by atoms with Gasteiger partial charge in [0.1, 0.15) is 5.41 Å². The highest BCUT2D eigenvalue weighted by Crippen LogP contribution is 2.32. The van der Waals surface area contributed by atoms with Crippen LogP contribution in [0.3, 0.4) is 0 Å². The molecule has 1 heterocycles. The Kier molecular flexibility index (Phi) is 3.93. The molecule has 0 spiro atoms. The molecule has 0 unspecified atom stereocenters. The highest BCUT2D eigenvalue weighted by atomic mass is 16.5. The maximum absolute atomic E-state index is 11.5. The molecule has 0 aromatic heterocycles. The summed E-state index contributed by atoms with van der Waals surface area (Å²) in [4.78, 5) is 35.1. The van der Waals surface area contributed by atoms with E-state index in [1.54, 1.807) is 0 Å². The zero-order chi connectivity index (χ0) is 13.1. The molecule has 0 saturated carbocycles. The second-order valence-electron chi connectivity index (χ2n) is 3.82. The average molecular weight is 244 g/mol. The van der Waals surface area contributed by atoms with Crippen LogP contribution in [0.1, 0.15) is 12.8 Å². The van der Waals surface area contributed by atoms with Crippen LogP contribution in [-0.4, -0.2) is 50.2 Å². The second-order valence-corrected chi connectivity index (χ2v) is 3.82. The predicted molar refractivity (Wildman–Crippen MR) is 52.7 cm³/mol. The van der Waals surface area contributed by atoms with Crippen LogP contribution < -0.4 is 5.11 Å². The molecule has 0 aromatic carbocycles. The highest BCUT2D eigenvalue weighted by molar-refractivity contribution is 5.98. The number of piperidine rings is 1. The van der Waals surface area contributed by atoms with Gasteiger partial charge in [-0.1, -0.05) is 0 Å². The van der Waals surface area contributed by atoms with Crippen molar-refractivity contribution in [2.45, 2.75) is 12.8 Å². The lowest BCUT2D eigenvalue weighted by molar-refractivity contribution is -0.319. The van der Waals surface area contributed by atoms with E-state index in [1.165, 1.54) is 12.0 Å². The van der Waals surface area contributed by atoms with Crippen LogP contribution in [0.5, 0.6) is 0 Å². The van der Waals surface area contributed by atoms with Crippen molar-refractivity contribution in [3.05, 3.63) is 0 Å². The molecule has 0 atom stereocenters. The van der Waals surface area contributed by atoms with Gasteiger partial charge in [0.25, 0.3) is 0 Å². The van der Waals surface area contributed by atoms with Gasteiger partial charge in [0.15, 0.2) is 0 Å². The number of esters is 1. The number of hydrogen-bond donors (Lipinski definition) is 0. The van der Waals surface area contributed by atoms with Gasteiger partial charge in [-0.3, -0.25) is 4.79 Å². The summed E-state index contributed by atoms with van der Waals surface area (Å²) in [5, 5.41) is 11.1. The smallest absolute Gasteiger partial charge is 0.409 e. The van der Waals surface area contributed by atoms with Crippen LogP contribution in [0.4, 0.5) is 4.79 Å². The zero-order valence-electron chi connectivity index (χ0n) is 9.73. The molecule has 0 aliphatic carbocycles. The number of carboxylic acid groups (broad SMARTS) is 1. The van der Waals surface area contributed by atoms with Gasteiger partial charge in [-0.25, -0.2) is 4.79 Å². The van der Waals surface area contributed by atoms with E-state index in [1.807, 2.05) is 0 Å². The Hall–Kier alpha value is -1.79. The predicted octanol–water partition coefficient (Wildman–Crippen LogP) is -1.24. The van der Waals surface area contributed by atoms with Crippen molar-refractivity contribution in [2.75, 3.05) is 27.3 Å². The van der Waals surface area contributed by atoms with E-state index in [9.17, 15) is 19.5 Å². The standard InChI is InChI=1S/C10H15NO6/c1-16-8(14)10(7(12)13)3-5-11(6-4-10)9(15)17-2/h3-6H2,1-2H3,(H,12,13)/p-1. The Balaban J connectivity index is 2.78. The third kappa shape index (κ3) is 2.32. The van der Waals surface area contributed by atoms with Gasteiger partial charge in [-0.15, -0.1) is 0 Å². The third-order valence-corrected chi connectivity index (χ3v) is 3.02. The fourth-order valence-electron chi connectivity index (χ4n) is 1.89. The Labute approximate surface area is 98.3 Å². The minimum absolute atomic E-state index is 0.0306. The van der Waals surface area contributed by atoms with Gasteiger partial charge in [0, 0.05) is 13.1 Å². The second kappa shape index (κ2) is 5.03. The van der Waals surface area contributed by atoms with Crippen molar-refractivity contribution in [3.8, 4) is 0 Å². The number of carboxylic acids is 1. The summed E-state index contributed by atoms with van der Waals surface area (Å²) in [6, 6.07) is 0. The monoisotopic (exact) mass is 244 g/mol. The summed E-state index contributed by atoms with van der Waals surface area (Å²) < 4.78 is 8.99. The summed E-state index contributed by atoms with van der Waals surface area (Å²) in [6.07, 6.45) is -0.601. The van der Waals surface area contributed by atoms with Gasteiger partial charge < -0.3 is 24.3 Å². The van der Waals surface area contributed by atoms with Gasteiger partial charge >= 0.3 is 12.1 Å². The molecule has 0 N–H and O–H groups in total. The van der Waals surface area contributed by atoms with E-state index in [0.717, 1.165) is 7.11 Å². The first-order chi connectivity index (χ1) is 7.97. The summed E-state index contributed by atoms with van der Waals surface area (Å²) in [5.41, 5.74) is -1.65. The Morgan fingerprint density at radius 1 is 1.12 bits per heavy atom. The number of likely N-dealkylation sites (tertiary alicyclic amines) is 1. The van der Waals surface area contributed by atoms with E-state index in [4.69, 9.17) is 0 Å². The van der Waals surface area contributed by atoms with Crippen LogP contribution in [0.2, 0.25) is 0 Å². The summed E-state index contributed by atoms with van der Waals surface area (Å²) in [5.74, 6) is -2.30. The number of nitrogens with zero attached hydrogens (tertiary/aromatic N) is 1. The van der Waals surface area contributed by atoms with Crippen LogP contribution >= 0.6 is 0 Å². The van der Waals surface area contributed by atoms with E-state index in [2.05, 4.69) is 9.47 Å². The number of amides is 1. The molecule has 7 nitrogen and oxygen atoms in total. The topological polar surface area (TPSA) is 96.0 Å². The molecule has 1 amide bonds. The lowest BCUT2D eigenvalue weighted by atomic mass is 9.78. The van der Waals surface area contributed by atoms with Crippen molar-refractivity contribution in [1.82, 2.24) is 4.90 Å². The molecule has 1 saturated heterocycles. The molecular formula is C10H14NO6-. The minimum atomic E-state index is -1.65. The van der Waals surface area contributed by atoms with Gasteiger partial charge in [-0.05, 0) is 12.8 Å². The Morgan fingerprint density at radius 2 is 1.65 bits per heavy atom. The maximum Gasteiger partial charge on any atom is 0.409 e. The minimum Gasteiger partial charge on any atom is -0.549 e. The first-order valence-corrected chi connectivity index (χ1v) is 5.10. The normalized spacial score (nSPS) is 18.4. The van der Waals surface area contributed by atoms with Crippen LogP contribution in [0, 0.1) is 5.41 Å². The SMILES string of the molecule is COC(=O)N1CCC(C(=O)[O-])(C(=O)OC)CC1. The van der Waals surface area contributed by atoms with Crippen molar-refractivity contribution < 1.29 is 29.0 Å². The molecule has 1 fully saturated rings. The molecular weight excluding hydrogens is 230 g/mol. The summed E-state index contributed by atoms with van der Waals surface area (Å²) in [6.45, 7) is 0.242. The fraction of sp³-hybridized carbons (Fsp3) is 0.700. The van der Waals surface area contributed by atoms with Crippen LogP contribution in [-0.2, 0) is 19.1 Å². The molecule has 0 radical (unpaired) electrons. The first kappa shape index (κ1) is 13.3. The lowest BCUT2D eigenvalue weighted by Crippen LogP contribution is -2.55. The van der Waals surface area contributed by atoms with Gasteiger partial charge in [-0.2, -0.15) is 0 Å². The average Bonchev–Trinajstić information content (AvgIpc) is 2.36. The third-order valence-electron chi connectivity index (χ3n) is 3.02. The molecule has 0 aromatic rings.